The van der Waals surface area contributed by atoms with Crippen LogP contribution in [0.25, 0.3) is 6.08 Å². The number of carbonyl (C=O) groups is 1. The summed E-state index contributed by atoms with van der Waals surface area (Å²) in [4.78, 5) is 13.9. The highest BCUT2D eigenvalue weighted by Crippen LogP contribution is 2.26. The number of likely N-dealkylation sites (tertiary alicyclic amines) is 1. The molecule has 1 N–H and O–H groups in total. The summed E-state index contributed by atoms with van der Waals surface area (Å²) in [5, 5.41) is 10.3. The first-order chi connectivity index (χ1) is 12.6. The van der Waals surface area contributed by atoms with Crippen LogP contribution in [-0.4, -0.2) is 54.9 Å². The molecule has 0 bridgehead atoms. The number of hydrogen-bond donors (Lipinski definition) is 1. The van der Waals surface area contributed by atoms with Crippen LogP contribution in [-0.2, 0) is 14.3 Å². The van der Waals surface area contributed by atoms with Crippen molar-refractivity contribution in [3.63, 3.8) is 0 Å². The molecular formula is C21H31NO4. The van der Waals surface area contributed by atoms with Crippen LogP contribution < -0.4 is 0 Å². The monoisotopic (exact) mass is 361 g/mol. The minimum atomic E-state index is -0.482. The lowest BCUT2D eigenvalue weighted by molar-refractivity contribution is -0.137. The molecule has 1 aromatic rings. The molecule has 0 saturated carbocycles. The Kier molecular flexibility index (Phi) is 8.81. The van der Waals surface area contributed by atoms with Crippen molar-refractivity contribution in [1.82, 2.24) is 4.90 Å². The minimum Gasteiger partial charge on any atom is -0.463 e. The van der Waals surface area contributed by atoms with Crippen molar-refractivity contribution in [2.75, 3.05) is 32.8 Å². The van der Waals surface area contributed by atoms with E-state index in [1.807, 2.05) is 24.3 Å². The average Bonchev–Trinajstić information content (AvgIpc) is 3.14. The summed E-state index contributed by atoms with van der Waals surface area (Å²) >= 11 is 0. The van der Waals surface area contributed by atoms with Gasteiger partial charge in [-0.05, 0) is 56.5 Å². The minimum absolute atomic E-state index is 0.119. The third kappa shape index (κ3) is 6.56. The maximum atomic E-state index is 11.6. The molecule has 1 aliphatic rings. The summed E-state index contributed by atoms with van der Waals surface area (Å²) in [5.41, 5.74) is 1.95. The third-order valence-electron chi connectivity index (χ3n) is 4.56. The van der Waals surface area contributed by atoms with E-state index in [2.05, 4.69) is 11.8 Å². The molecule has 0 aliphatic carbocycles. The van der Waals surface area contributed by atoms with Crippen molar-refractivity contribution in [3.8, 4) is 0 Å². The van der Waals surface area contributed by atoms with Gasteiger partial charge in [0.15, 0.2) is 0 Å². The Morgan fingerprint density at radius 2 is 2.00 bits per heavy atom. The number of β-amino-alcohol motifs (C(OH)–C–C–N with tert-alkyl or cyclic N) is 1. The number of hydrogen-bond acceptors (Lipinski definition) is 5. The van der Waals surface area contributed by atoms with Crippen molar-refractivity contribution in [1.29, 1.82) is 0 Å². The Bertz CT molecular complexity index is 581. The molecule has 1 fully saturated rings. The number of rotatable bonds is 10. The van der Waals surface area contributed by atoms with Crippen LogP contribution in [0.15, 0.2) is 30.3 Å². The fraction of sp³-hybridized carbons (Fsp3) is 0.571. The summed E-state index contributed by atoms with van der Waals surface area (Å²) in [7, 11) is 0. The SMILES string of the molecule is CCOC(=O)/C=C/c1ccccc1[C@@H](CC)OC[C@H](O)CN1CCCC1. The summed E-state index contributed by atoms with van der Waals surface area (Å²) in [6, 6.07) is 7.86. The van der Waals surface area contributed by atoms with Crippen LogP contribution in [0.2, 0.25) is 0 Å². The van der Waals surface area contributed by atoms with E-state index in [1.165, 1.54) is 18.9 Å². The second-order valence-corrected chi connectivity index (χ2v) is 6.61. The number of aliphatic hydroxyl groups is 1. The van der Waals surface area contributed by atoms with E-state index in [9.17, 15) is 9.90 Å². The van der Waals surface area contributed by atoms with Crippen molar-refractivity contribution >= 4 is 12.0 Å². The van der Waals surface area contributed by atoms with E-state index in [1.54, 1.807) is 13.0 Å². The summed E-state index contributed by atoms with van der Waals surface area (Å²) < 4.78 is 11.0. The summed E-state index contributed by atoms with van der Waals surface area (Å²) in [6.45, 7) is 7.31. The molecule has 0 aromatic heterocycles. The fourth-order valence-electron chi connectivity index (χ4n) is 3.27. The Hall–Kier alpha value is -1.69. The van der Waals surface area contributed by atoms with E-state index < -0.39 is 6.10 Å². The Morgan fingerprint density at radius 3 is 2.69 bits per heavy atom. The third-order valence-corrected chi connectivity index (χ3v) is 4.56. The zero-order valence-corrected chi connectivity index (χ0v) is 15.9. The quantitative estimate of drug-likeness (QED) is 0.512. The first kappa shape index (κ1) is 20.6. The van der Waals surface area contributed by atoms with Crippen LogP contribution in [0.4, 0.5) is 0 Å². The molecule has 144 valence electrons. The number of ether oxygens (including phenoxy) is 2. The van der Waals surface area contributed by atoms with Gasteiger partial charge >= 0.3 is 5.97 Å². The van der Waals surface area contributed by atoms with Crippen LogP contribution in [0.5, 0.6) is 0 Å². The standard InChI is InChI=1S/C21H31NO4/c1-3-20(26-16-18(23)15-22-13-7-8-14-22)19-10-6-5-9-17(19)11-12-21(24)25-4-2/h5-6,9-12,18,20,23H,3-4,7-8,13-16H2,1-2H3/b12-11+/t18-,20-/m1/s1. The van der Waals surface area contributed by atoms with Crippen molar-refractivity contribution < 1.29 is 19.4 Å². The first-order valence-corrected chi connectivity index (χ1v) is 9.59. The topological polar surface area (TPSA) is 59.0 Å². The molecule has 0 radical (unpaired) electrons. The molecule has 0 spiro atoms. The van der Waals surface area contributed by atoms with E-state index in [0.29, 0.717) is 19.8 Å². The molecule has 2 rings (SSSR count). The molecule has 0 amide bonds. The van der Waals surface area contributed by atoms with Gasteiger partial charge in [0.1, 0.15) is 0 Å². The molecule has 26 heavy (non-hydrogen) atoms. The molecule has 5 heteroatoms. The van der Waals surface area contributed by atoms with E-state index in [0.717, 1.165) is 30.6 Å². The average molecular weight is 361 g/mol. The van der Waals surface area contributed by atoms with E-state index >= 15 is 0 Å². The first-order valence-electron chi connectivity index (χ1n) is 9.59. The Morgan fingerprint density at radius 1 is 1.27 bits per heavy atom. The second-order valence-electron chi connectivity index (χ2n) is 6.61. The maximum absolute atomic E-state index is 11.6. The highest BCUT2D eigenvalue weighted by atomic mass is 16.5. The van der Waals surface area contributed by atoms with Crippen molar-refractivity contribution in [2.45, 2.75) is 45.3 Å². The molecule has 2 atom stereocenters. The zero-order chi connectivity index (χ0) is 18.8. The number of aliphatic hydroxyl groups excluding tert-OH is 1. The number of benzene rings is 1. The predicted molar refractivity (Wildman–Crippen MR) is 103 cm³/mol. The van der Waals surface area contributed by atoms with Gasteiger partial charge in [-0.2, -0.15) is 0 Å². The Balaban J connectivity index is 1.96. The lowest BCUT2D eigenvalue weighted by Crippen LogP contribution is -2.33. The fourth-order valence-corrected chi connectivity index (χ4v) is 3.27. The molecule has 0 unspecified atom stereocenters. The summed E-state index contributed by atoms with van der Waals surface area (Å²) in [6.07, 6.45) is 5.82. The van der Waals surface area contributed by atoms with Crippen molar-refractivity contribution in [2.24, 2.45) is 0 Å². The second kappa shape index (κ2) is 11.1. The molecule has 5 nitrogen and oxygen atoms in total. The van der Waals surface area contributed by atoms with Gasteiger partial charge in [-0.25, -0.2) is 4.79 Å². The van der Waals surface area contributed by atoms with E-state index in [-0.39, 0.29) is 12.1 Å². The highest BCUT2D eigenvalue weighted by molar-refractivity contribution is 5.87. The normalized spacial score (nSPS) is 17.5. The Labute approximate surface area is 156 Å². The molecule has 1 aromatic carbocycles. The lowest BCUT2D eigenvalue weighted by Gasteiger charge is -2.23. The molecule has 1 saturated heterocycles. The van der Waals surface area contributed by atoms with Crippen LogP contribution >= 0.6 is 0 Å². The molecule has 1 heterocycles. The van der Waals surface area contributed by atoms with Gasteiger partial charge in [-0.1, -0.05) is 31.2 Å². The number of carbonyl (C=O) groups excluding carboxylic acids is 1. The van der Waals surface area contributed by atoms with E-state index in [4.69, 9.17) is 9.47 Å². The lowest BCUT2D eigenvalue weighted by atomic mass is 10.00. The van der Waals surface area contributed by atoms with Crippen molar-refractivity contribution in [3.05, 3.63) is 41.5 Å². The van der Waals surface area contributed by atoms with Gasteiger partial charge in [0, 0.05) is 12.6 Å². The van der Waals surface area contributed by atoms with Crippen LogP contribution in [0.3, 0.4) is 0 Å². The zero-order valence-electron chi connectivity index (χ0n) is 15.9. The summed E-state index contributed by atoms with van der Waals surface area (Å²) in [5.74, 6) is -0.350. The maximum Gasteiger partial charge on any atom is 0.330 e. The number of nitrogens with zero attached hydrogens (tertiary/aromatic N) is 1. The van der Waals surface area contributed by atoms with Gasteiger partial charge in [-0.3, -0.25) is 0 Å². The predicted octanol–water partition coefficient (Wildman–Crippen LogP) is 3.19. The molecule has 1 aliphatic heterocycles. The van der Waals surface area contributed by atoms with Gasteiger partial charge in [0.05, 0.1) is 25.4 Å². The van der Waals surface area contributed by atoms with Gasteiger partial charge in [-0.15, -0.1) is 0 Å². The van der Waals surface area contributed by atoms with Gasteiger partial charge in [0.2, 0.25) is 0 Å². The van der Waals surface area contributed by atoms with Gasteiger partial charge in [0.25, 0.3) is 0 Å². The largest absolute Gasteiger partial charge is 0.463 e. The molecular weight excluding hydrogens is 330 g/mol. The smallest absolute Gasteiger partial charge is 0.330 e. The highest BCUT2D eigenvalue weighted by Gasteiger charge is 2.19. The number of esters is 1. The van der Waals surface area contributed by atoms with Crippen LogP contribution in [0.1, 0.15) is 50.3 Å². The van der Waals surface area contributed by atoms with Gasteiger partial charge < -0.3 is 19.5 Å². The van der Waals surface area contributed by atoms with Crippen LogP contribution in [0, 0.1) is 0 Å².